The Morgan fingerprint density at radius 3 is 2.61 bits per heavy atom. The normalized spacial score (nSPS) is 11.8. The molecule has 0 radical (unpaired) electrons. The molecule has 2 aromatic heterocycles. The molecule has 1 N–H and O–H groups in total. The quantitative estimate of drug-likeness (QED) is 0.199. The largest absolute Gasteiger partial charge is 0.506 e. The van der Waals surface area contributed by atoms with Crippen LogP contribution in [0.3, 0.4) is 0 Å². The van der Waals surface area contributed by atoms with Gasteiger partial charge in [-0.2, -0.15) is 9.78 Å². The van der Waals surface area contributed by atoms with Crippen LogP contribution in [0.25, 0.3) is 33.5 Å². The van der Waals surface area contributed by atoms with Gasteiger partial charge in [0.05, 0.1) is 26.1 Å². The lowest BCUT2D eigenvalue weighted by molar-refractivity contribution is 0.468. The molecule has 5 rings (SSSR count). The summed E-state index contributed by atoms with van der Waals surface area (Å²) in [7, 11) is 0. The predicted octanol–water partition coefficient (Wildman–Crippen LogP) is 7.45. The maximum atomic E-state index is 13.4. The molecule has 0 amide bonds. The number of aromatic nitrogens is 2. The lowest BCUT2D eigenvalue weighted by Crippen LogP contribution is -2.20. The summed E-state index contributed by atoms with van der Waals surface area (Å²) >= 11 is 13.6. The van der Waals surface area contributed by atoms with E-state index in [1.54, 1.807) is 24.3 Å². The Morgan fingerprint density at radius 1 is 1.00 bits per heavy atom. The van der Waals surface area contributed by atoms with Gasteiger partial charge in [-0.3, -0.25) is 4.79 Å². The summed E-state index contributed by atoms with van der Waals surface area (Å²) in [6.45, 7) is 0. The van der Waals surface area contributed by atoms with Gasteiger partial charge < -0.3 is 9.52 Å². The Labute approximate surface area is 220 Å². The van der Waals surface area contributed by atoms with Crippen molar-refractivity contribution in [1.82, 2.24) is 9.66 Å². The fourth-order valence-electron chi connectivity index (χ4n) is 3.34. The van der Waals surface area contributed by atoms with Gasteiger partial charge in [0, 0.05) is 19.9 Å². The van der Waals surface area contributed by atoms with E-state index in [1.807, 2.05) is 30.3 Å². The highest BCUT2D eigenvalue weighted by atomic mass is 79.9. The highest BCUT2D eigenvalue weighted by molar-refractivity contribution is 9.11. The number of phenolic OH excluding ortho intramolecular Hbond substituents is 1. The summed E-state index contributed by atoms with van der Waals surface area (Å²) in [5.41, 5.74) is 1.40. The van der Waals surface area contributed by atoms with Gasteiger partial charge in [0.15, 0.2) is 5.76 Å². The number of hydrogen-bond donors (Lipinski definition) is 1. The van der Waals surface area contributed by atoms with E-state index in [9.17, 15) is 9.90 Å². The van der Waals surface area contributed by atoms with E-state index in [2.05, 4.69) is 73.8 Å². The van der Waals surface area contributed by atoms with Crippen molar-refractivity contribution in [3.05, 3.63) is 88.4 Å². The zero-order valence-corrected chi connectivity index (χ0v) is 22.7. The number of aromatic hydroxyl groups is 1. The molecule has 0 aliphatic carbocycles. The van der Waals surface area contributed by atoms with Crippen molar-refractivity contribution in [3.8, 4) is 17.3 Å². The maximum Gasteiger partial charge on any atom is 0.282 e. The predicted molar refractivity (Wildman–Crippen MR) is 143 cm³/mol. The van der Waals surface area contributed by atoms with Crippen LogP contribution in [-0.2, 0) is 0 Å². The van der Waals surface area contributed by atoms with E-state index in [0.29, 0.717) is 41.2 Å². The average Bonchev–Trinajstić information content (AvgIpc) is 3.21. The molecule has 0 spiro atoms. The molecule has 0 fully saturated rings. The topological polar surface area (TPSA) is 80.6 Å². The summed E-state index contributed by atoms with van der Waals surface area (Å²) in [5, 5.41) is 16.0. The molecule has 0 atom stereocenters. The van der Waals surface area contributed by atoms with E-state index in [1.165, 1.54) is 10.9 Å². The number of phenols is 1. The Balaban J connectivity index is 1.76. The molecular weight excluding hydrogens is 686 g/mol. The van der Waals surface area contributed by atoms with E-state index in [0.717, 1.165) is 9.86 Å². The van der Waals surface area contributed by atoms with Gasteiger partial charge >= 0.3 is 0 Å². The van der Waals surface area contributed by atoms with Crippen LogP contribution in [0.5, 0.6) is 5.75 Å². The van der Waals surface area contributed by atoms with Crippen molar-refractivity contribution in [2.24, 2.45) is 5.10 Å². The molecule has 0 bridgehead atoms. The summed E-state index contributed by atoms with van der Waals surface area (Å²) in [6, 6.07) is 16.2. The van der Waals surface area contributed by atoms with E-state index < -0.39 is 0 Å². The van der Waals surface area contributed by atoms with Crippen LogP contribution < -0.4 is 5.56 Å². The standard InChI is InChI=1S/C23H11Br4N3O3/c24-12-5-6-18-11(7-12)8-19(33-18)22-29-17-4-2-1-3-13(17)23(32)30(22)28-10-14-15(25)9-16(26)21(31)20(14)27/h1-10,31H. The number of fused-ring (bicyclic) bond motifs is 2. The van der Waals surface area contributed by atoms with Crippen molar-refractivity contribution in [1.29, 1.82) is 0 Å². The fourth-order valence-corrected chi connectivity index (χ4v) is 6.05. The van der Waals surface area contributed by atoms with Gasteiger partial charge in [-0.1, -0.05) is 44.0 Å². The van der Waals surface area contributed by atoms with Gasteiger partial charge in [0.25, 0.3) is 5.56 Å². The second-order valence-electron chi connectivity index (χ2n) is 7.02. The zero-order valence-electron chi connectivity index (χ0n) is 16.4. The molecule has 0 unspecified atom stereocenters. The fraction of sp³-hybridized carbons (Fsp3) is 0. The molecule has 0 saturated heterocycles. The van der Waals surface area contributed by atoms with Crippen LogP contribution in [0.15, 0.2) is 86.8 Å². The number of nitrogens with zero attached hydrogens (tertiary/aromatic N) is 3. The highest BCUT2D eigenvalue weighted by Gasteiger charge is 2.17. The number of benzene rings is 3. The van der Waals surface area contributed by atoms with Crippen molar-refractivity contribution in [3.63, 3.8) is 0 Å². The third-order valence-corrected chi connectivity index (χ3v) is 7.49. The van der Waals surface area contributed by atoms with E-state index >= 15 is 0 Å². The maximum absolute atomic E-state index is 13.4. The minimum absolute atomic E-state index is 0.0201. The molecular formula is C23H11Br4N3O3. The van der Waals surface area contributed by atoms with Crippen LogP contribution in [0, 0.1) is 0 Å². The second-order valence-corrected chi connectivity index (χ2v) is 10.4. The smallest absolute Gasteiger partial charge is 0.282 e. The first-order chi connectivity index (χ1) is 15.8. The molecule has 0 saturated carbocycles. The van der Waals surface area contributed by atoms with Crippen LogP contribution in [-0.4, -0.2) is 21.0 Å². The average molecular weight is 697 g/mol. The highest BCUT2D eigenvalue weighted by Crippen LogP contribution is 2.38. The molecule has 10 heteroatoms. The number of hydrogen-bond acceptors (Lipinski definition) is 5. The van der Waals surface area contributed by atoms with Gasteiger partial charge in [-0.05, 0) is 74.3 Å². The number of rotatable bonds is 3. The first kappa shape index (κ1) is 22.5. The first-order valence-electron chi connectivity index (χ1n) is 9.45. The van der Waals surface area contributed by atoms with E-state index in [4.69, 9.17) is 4.42 Å². The summed E-state index contributed by atoms with van der Waals surface area (Å²) < 4.78 is 9.72. The Morgan fingerprint density at radius 2 is 1.79 bits per heavy atom. The first-order valence-corrected chi connectivity index (χ1v) is 12.6. The monoisotopic (exact) mass is 693 g/mol. The lowest BCUT2D eigenvalue weighted by Gasteiger charge is -2.09. The van der Waals surface area contributed by atoms with Crippen molar-refractivity contribution >= 4 is 91.8 Å². The molecule has 164 valence electrons. The van der Waals surface area contributed by atoms with Gasteiger partial charge in [0.2, 0.25) is 5.82 Å². The summed E-state index contributed by atoms with van der Waals surface area (Å²) in [6.07, 6.45) is 1.47. The lowest BCUT2D eigenvalue weighted by atomic mass is 10.2. The summed E-state index contributed by atoms with van der Waals surface area (Å²) in [4.78, 5) is 18.1. The molecule has 6 nitrogen and oxygen atoms in total. The Hall–Kier alpha value is -2.27. The SMILES string of the molecule is O=c1c2ccccc2nc(-c2cc3cc(Br)ccc3o2)n1N=Cc1c(Br)cc(Br)c(O)c1Br. The number of furan rings is 1. The molecule has 5 aromatic rings. The minimum Gasteiger partial charge on any atom is -0.506 e. The zero-order chi connectivity index (χ0) is 23.3. The molecule has 0 aliphatic heterocycles. The van der Waals surface area contributed by atoms with Crippen molar-refractivity contribution in [2.45, 2.75) is 0 Å². The minimum atomic E-state index is -0.345. The summed E-state index contributed by atoms with van der Waals surface area (Å²) in [5.74, 6) is 0.683. The van der Waals surface area contributed by atoms with Gasteiger partial charge in [-0.15, -0.1) is 0 Å². The van der Waals surface area contributed by atoms with Crippen LogP contribution >= 0.6 is 63.7 Å². The molecule has 0 aliphatic rings. The molecule has 33 heavy (non-hydrogen) atoms. The second kappa shape index (κ2) is 8.83. The van der Waals surface area contributed by atoms with Crippen LogP contribution in [0.2, 0.25) is 0 Å². The molecule has 3 aromatic carbocycles. The van der Waals surface area contributed by atoms with Gasteiger partial charge in [-0.25, -0.2) is 4.98 Å². The van der Waals surface area contributed by atoms with Crippen molar-refractivity contribution in [2.75, 3.05) is 0 Å². The third kappa shape index (κ3) is 4.09. The third-order valence-electron chi connectivity index (χ3n) is 4.94. The Kier molecular flexibility index (Phi) is 6.02. The Bertz CT molecular complexity index is 1660. The van der Waals surface area contributed by atoms with Gasteiger partial charge in [0.1, 0.15) is 11.3 Å². The van der Waals surface area contributed by atoms with Crippen LogP contribution in [0.4, 0.5) is 0 Å². The van der Waals surface area contributed by atoms with E-state index in [-0.39, 0.29) is 17.1 Å². The van der Waals surface area contributed by atoms with Crippen LogP contribution in [0.1, 0.15) is 5.56 Å². The molecule has 2 heterocycles. The van der Waals surface area contributed by atoms with Crippen molar-refractivity contribution < 1.29 is 9.52 Å². The number of halogens is 4. The number of para-hydroxylation sites is 1.